The second-order valence-corrected chi connectivity index (χ2v) is 5.61. The number of ether oxygens (including phenoxy) is 3. The Morgan fingerprint density at radius 1 is 1.19 bits per heavy atom. The van der Waals surface area contributed by atoms with E-state index in [1.807, 2.05) is 0 Å². The Morgan fingerprint density at radius 2 is 1.90 bits per heavy atom. The third kappa shape index (κ3) is 3.96. The molecule has 1 aliphatic rings. The number of hydrogen-bond donors (Lipinski definition) is 1. The fourth-order valence-corrected chi connectivity index (χ4v) is 2.79. The molecule has 1 aliphatic carbocycles. The summed E-state index contributed by atoms with van der Waals surface area (Å²) in [6, 6.07) is 6.61. The number of benzene rings is 1. The molecule has 0 aromatic heterocycles. The van der Waals surface area contributed by atoms with Gasteiger partial charge in [-0.15, -0.1) is 0 Å². The first-order valence-corrected chi connectivity index (χ1v) is 7.74. The molecule has 3 atom stereocenters. The van der Waals surface area contributed by atoms with E-state index < -0.39 is 0 Å². The van der Waals surface area contributed by atoms with E-state index in [0.717, 1.165) is 18.7 Å². The van der Waals surface area contributed by atoms with Gasteiger partial charge in [-0.1, -0.05) is 25.1 Å². The first-order valence-electron chi connectivity index (χ1n) is 7.74. The van der Waals surface area contributed by atoms with Crippen molar-refractivity contribution in [2.75, 3.05) is 26.9 Å². The van der Waals surface area contributed by atoms with Gasteiger partial charge in [-0.05, 0) is 31.5 Å². The van der Waals surface area contributed by atoms with Gasteiger partial charge in [0.1, 0.15) is 18.0 Å². The lowest BCUT2D eigenvalue weighted by Gasteiger charge is -2.44. The largest absolute Gasteiger partial charge is 0.487 e. The van der Waals surface area contributed by atoms with Crippen LogP contribution < -0.4 is 10.1 Å². The van der Waals surface area contributed by atoms with E-state index in [-0.39, 0.29) is 12.2 Å². The Balaban J connectivity index is 1.98. The maximum Gasteiger partial charge on any atom is 0.128 e. The van der Waals surface area contributed by atoms with Crippen LogP contribution in [0.3, 0.4) is 0 Å². The highest BCUT2D eigenvalue weighted by atomic mass is 16.6. The van der Waals surface area contributed by atoms with Crippen LogP contribution in [-0.4, -0.2) is 45.1 Å². The van der Waals surface area contributed by atoms with E-state index in [1.165, 1.54) is 11.1 Å². The molecule has 118 valence electrons. The maximum absolute atomic E-state index is 6.23. The van der Waals surface area contributed by atoms with Gasteiger partial charge in [0.2, 0.25) is 0 Å². The summed E-state index contributed by atoms with van der Waals surface area (Å²) in [5.74, 6) is 0.998. The molecule has 0 aliphatic heterocycles. The zero-order chi connectivity index (χ0) is 15.2. The Morgan fingerprint density at radius 3 is 2.52 bits per heavy atom. The second-order valence-electron chi connectivity index (χ2n) is 5.61. The third-order valence-electron chi connectivity index (χ3n) is 3.99. The van der Waals surface area contributed by atoms with Gasteiger partial charge < -0.3 is 19.5 Å². The average Bonchev–Trinajstić information content (AvgIpc) is 2.45. The molecule has 2 rings (SSSR count). The number of aryl methyl sites for hydroxylation is 2. The van der Waals surface area contributed by atoms with Gasteiger partial charge in [-0.3, -0.25) is 0 Å². The van der Waals surface area contributed by atoms with E-state index in [4.69, 9.17) is 14.2 Å². The number of rotatable bonds is 8. The summed E-state index contributed by atoms with van der Waals surface area (Å²) in [5.41, 5.74) is 2.36. The van der Waals surface area contributed by atoms with Crippen LogP contribution in [0.2, 0.25) is 0 Å². The number of para-hydroxylation sites is 1. The van der Waals surface area contributed by atoms with Gasteiger partial charge in [-0.2, -0.15) is 0 Å². The fourth-order valence-electron chi connectivity index (χ4n) is 2.79. The lowest BCUT2D eigenvalue weighted by Crippen LogP contribution is -2.61. The molecular weight excluding hydrogens is 266 g/mol. The molecule has 0 saturated heterocycles. The van der Waals surface area contributed by atoms with Crippen LogP contribution in [0.15, 0.2) is 18.2 Å². The predicted octanol–water partition coefficient (Wildman–Crippen LogP) is 2.46. The number of nitrogens with one attached hydrogen (secondary N) is 1. The molecule has 1 aromatic carbocycles. The van der Waals surface area contributed by atoms with E-state index in [0.29, 0.717) is 19.3 Å². The highest BCUT2D eigenvalue weighted by Gasteiger charge is 2.43. The van der Waals surface area contributed by atoms with E-state index in [1.54, 1.807) is 7.11 Å². The van der Waals surface area contributed by atoms with Gasteiger partial charge in [-0.25, -0.2) is 0 Å². The van der Waals surface area contributed by atoms with Crippen molar-refractivity contribution in [2.24, 2.45) is 0 Å². The molecule has 1 fully saturated rings. The van der Waals surface area contributed by atoms with E-state index in [9.17, 15) is 0 Å². The topological polar surface area (TPSA) is 39.7 Å². The minimum absolute atomic E-state index is 0.0964. The molecule has 0 amide bonds. The summed E-state index contributed by atoms with van der Waals surface area (Å²) in [6.07, 6.45) is 1.20. The molecule has 21 heavy (non-hydrogen) atoms. The minimum atomic E-state index is 0.0964. The molecule has 4 nitrogen and oxygen atoms in total. The average molecular weight is 293 g/mol. The van der Waals surface area contributed by atoms with Crippen LogP contribution in [0.5, 0.6) is 5.75 Å². The highest BCUT2D eigenvalue weighted by Crippen LogP contribution is 2.32. The van der Waals surface area contributed by atoms with Crippen LogP contribution in [0, 0.1) is 13.8 Å². The summed E-state index contributed by atoms with van der Waals surface area (Å²) in [6.45, 7) is 8.46. The first kappa shape index (κ1) is 16.3. The molecular formula is C17H27NO3. The zero-order valence-corrected chi connectivity index (χ0v) is 13.5. The van der Waals surface area contributed by atoms with Gasteiger partial charge in [0.15, 0.2) is 0 Å². The zero-order valence-electron chi connectivity index (χ0n) is 13.5. The van der Waals surface area contributed by atoms with E-state index in [2.05, 4.69) is 44.3 Å². The number of hydrogen-bond acceptors (Lipinski definition) is 4. The molecule has 3 unspecified atom stereocenters. The quantitative estimate of drug-likeness (QED) is 0.747. The summed E-state index contributed by atoms with van der Waals surface area (Å²) in [7, 11) is 1.69. The lowest BCUT2D eigenvalue weighted by molar-refractivity contribution is -0.115. The summed E-state index contributed by atoms with van der Waals surface area (Å²) in [4.78, 5) is 0. The molecule has 1 aromatic rings. The molecule has 0 bridgehead atoms. The molecule has 0 spiro atoms. The minimum Gasteiger partial charge on any atom is -0.487 e. The SMILES string of the molecule is CCNC1CC(Oc2c(C)cccc2C)C1OCCOC. The van der Waals surface area contributed by atoms with Crippen molar-refractivity contribution < 1.29 is 14.2 Å². The number of methoxy groups -OCH3 is 1. The third-order valence-corrected chi connectivity index (χ3v) is 3.99. The predicted molar refractivity (Wildman–Crippen MR) is 84.0 cm³/mol. The fraction of sp³-hybridized carbons (Fsp3) is 0.647. The molecule has 4 heteroatoms. The molecule has 0 heterocycles. The Hall–Kier alpha value is -1.10. The van der Waals surface area contributed by atoms with Gasteiger partial charge in [0, 0.05) is 19.6 Å². The lowest BCUT2D eigenvalue weighted by atomic mass is 9.85. The Labute approximate surface area is 127 Å². The number of likely N-dealkylation sites (N-methyl/N-ethyl adjacent to an activating group) is 1. The van der Waals surface area contributed by atoms with Crippen molar-refractivity contribution in [3.8, 4) is 5.75 Å². The van der Waals surface area contributed by atoms with Crippen LogP contribution in [0.4, 0.5) is 0 Å². The van der Waals surface area contributed by atoms with Gasteiger partial charge >= 0.3 is 0 Å². The van der Waals surface area contributed by atoms with Crippen LogP contribution in [0.1, 0.15) is 24.5 Å². The summed E-state index contributed by atoms with van der Waals surface area (Å²) >= 11 is 0. The summed E-state index contributed by atoms with van der Waals surface area (Å²) < 4.78 is 17.2. The van der Waals surface area contributed by atoms with Crippen LogP contribution in [-0.2, 0) is 9.47 Å². The Bertz CT molecular complexity index is 429. The van der Waals surface area contributed by atoms with Gasteiger partial charge in [0.05, 0.1) is 13.2 Å². The van der Waals surface area contributed by atoms with Crippen molar-refractivity contribution in [1.82, 2.24) is 5.32 Å². The van der Waals surface area contributed by atoms with E-state index >= 15 is 0 Å². The Kier molecular flexibility index (Phi) is 6.03. The van der Waals surface area contributed by atoms with Crippen molar-refractivity contribution in [2.45, 2.75) is 45.4 Å². The second kappa shape index (κ2) is 7.78. The van der Waals surface area contributed by atoms with Gasteiger partial charge in [0.25, 0.3) is 0 Å². The maximum atomic E-state index is 6.23. The van der Waals surface area contributed by atoms with Crippen molar-refractivity contribution >= 4 is 0 Å². The monoisotopic (exact) mass is 293 g/mol. The molecule has 1 N–H and O–H groups in total. The standard InChI is InChI=1S/C17H27NO3/c1-5-18-14-11-15(17(14)20-10-9-19-4)21-16-12(2)7-6-8-13(16)3/h6-8,14-15,17-18H,5,9-11H2,1-4H3. The smallest absolute Gasteiger partial charge is 0.128 e. The highest BCUT2D eigenvalue weighted by molar-refractivity contribution is 5.40. The van der Waals surface area contributed by atoms with Crippen molar-refractivity contribution in [3.05, 3.63) is 29.3 Å². The molecule has 1 saturated carbocycles. The van der Waals surface area contributed by atoms with Crippen molar-refractivity contribution in [3.63, 3.8) is 0 Å². The molecule has 0 radical (unpaired) electrons. The van der Waals surface area contributed by atoms with Crippen LogP contribution in [0.25, 0.3) is 0 Å². The first-order chi connectivity index (χ1) is 10.2. The van der Waals surface area contributed by atoms with Crippen LogP contribution >= 0.6 is 0 Å². The summed E-state index contributed by atoms with van der Waals surface area (Å²) in [5, 5.41) is 3.46. The van der Waals surface area contributed by atoms with Crippen molar-refractivity contribution in [1.29, 1.82) is 0 Å². The normalized spacial score (nSPS) is 24.7.